The zero-order valence-corrected chi connectivity index (χ0v) is 29.1. The maximum Gasteiger partial charge on any atom is 0.0991 e. The van der Waals surface area contributed by atoms with Crippen LogP contribution in [0.15, 0.2) is 137 Å². The molecule has 2 N–H and O–H groups in total. The zero-order valence-electron chi connectivity index (χ0n) is 26.7. The molecule has 8 bridgehead atoms. The molecule has 2 aliphatic heterocycles. The number of nitriles is 2. The number of thiophene rings is 1. The number of halogens is 1. The van der Waals surface area contributed by atoms with Gasteiger partial charge in [-0.25, -0.2) is 4.99 Å². The summed E-state index contributed by atoms with van der Waals surface area (Å²) in [6.07, 6.45) is 4.19. The maximum atomic E-state index is 9.53. The highest BCUT2D eigenvalue weighted by Gasteiger charge is 2.29. The van der Waals surface area contributed by atoms with Gasteiger partial charge in [0, 0.05) is 58.4 Å². The molecule has 49 heavy (non-hydrogen) atoms. The minimum absolute atomic E-state index is 0.305. The number of aromatic nitrogens is 2. The molecule has 3 aromatic carbocycles. The second kappa shape index (κ2) is 12.1. The predicted octanol–water partition coefficient (Wildman–Crippen LogP) is 8.47. The second-order valence-electron chi connectivity index (χ2n) is 12.6. The van der Waals surface area contributed by atoms with Gasteiger partial charge >= 0.3 is 0 Å². The Kier molecular flexibility index (Phi) is 7.53. The molecule has 0 aliphatic carbocycles. The highest BCUT2D eigenvalue weighted by Crippen LogP contribution is 2.42. The van der Waals surface area contributed by atoms with Crippen LogP contribution in [0.4, 0.5) is 0 Å². The zero-order chi connectivity index (χ0) is 33.7. The summed E-state index contributed by atoms with van der Waals surface area (Å²) >= 11 is 5.40. The van der Waals surface area contributed by atoms with Crippen molar-refractivity contribution in [2.45, 2.75) is 19.3 Å². The molecule has 0 radical (unpaired) electrons. The Hall–Kier alpha value is -5.73. The SMILES string of the molecule is CC1(C)c2ccc([nH]2)/C(c2ccc(C#N)cc2)=c2/cc/c([nH]2)=C(\c2ccc(C#N)cc2)C2=N/C(=C(/c3ccc(Br)cc3)c3ccc1s3)C=C2. The third kappa shape index (κ3) is 5.44. The van der Waals surface area contributed by atoms with Crippen molar-refractivity contribution in [1.29, 1.82) is 10.5 Å². The number of nitrogens with zero attached hydrogens (tertiary/aromatic N) is 3. The first kappa shape index (κ1) is 30.6. The van der Waals surface area contributed by atoms with E-state index in [0.29, 0.717) is 11.1 Å². The fourth-order valence-corrected chi connectivity index (χ4v) is 7.99. The van der Waals surface area contributed by atoms with E-state index < -0.39 is 0 Å². The Morgan fingerprint density at radius 1 is 0.633 bits per heavy atom. The van der Waals surface area contributed by atoms with Crippen molar-refractivity contribution in [3.63, 3.8) is 0 Å². The molecule has 0 fully saturated rings. The molecule has 7 heteroatoms. The lowest BCUT2D eigenvalue weighted by Gasteiger charge is -2.22. The lowest BCUT2D eigenvalue weighted by Crippen LogP contribution is -2.20. The average molecular weight is 715 g/mol. The fraction of sp³-hybridized carbons (Fsp3) is 0.0714. The molecule has 0 saturated heterocycles. The van der Waals surface area contributed by atoms with Gasteiger partial charge in [-0.3, -0.25) is 0 Å². The number of allylic oxidation sites excluding steroid dienone is 2. The molecule has 5 heterocycles. The van der Waals surface area contributed by atoms with Crippen LogP contribution in [0, 0.1) is 22.7 Å². The minimum atomic E-state index is -0.305. The average Bonchev–Trinajstić information content (AvgIpc) is 3.96. The van der Waals surface area contributed by atoms with E-state index in [9.17, 15) is 10.5 Å². The number of H-pyrrole nitrogens is 2. The van der Waals surface area contributed by atoms with Gasteiger partial charge in [-0.2, -0.15) is 10.5 Å². The number of aliphatic imine (C=N–C) groups is 1. The van der Waals surface area contributed by atoms with Crippen LogP contribution in [0.1, 0.15) is 62.8 Å². The number of fused-ring (bicyclic) bond motifs is 7. The summed E-state index contributed by atoms with van der Waals surface area (Å²) in [6.45, 7) is 4.51. The van der Waals surface area contributed by atoms with Crippen molar-refractivity contribution < 1.29 is 0 Å². The van der Waals surface area contributed by atoms with E-state index in [4.69, 9.17) is 4.99 Å². The number of aromatic amines is 2. The first-order valence-electron chi connectivity index (χ1n) is 15.8. The van der Waals surface area contributed by atoms with Crippen LogP contribution in [0.3, 0.4) is 0 Å². The molecular weight excluding hydrogens is 686 g/mol. The normalized spacial score (nSPS) is 18.5. The summed E-state index contributed by atoms with van der Waals surface area (Å²) < 4.78 is 1.02. The molecule has 5 nitrogen and oxygen atoms in total. The Balaban J connectivity index is 1.48. The minimum Gasteiger partial charge on any atom is -0.358 e. The Morgan fingerprint density at radius 2 is 1.22 bits per heavy atom. The Labute approximate surface area is 296 Å². The van der Waals surface area contributed by atoms with Crippen LogP contribution in [0.2, 0.25) is 0 Å². The van der Waals surface area contributed by atoms with E-state index in [1.54, 1.807) is 11.3 Å². The Morgan fingerprint density at radius 3 is 1.88 bits per heavy atom. The summed E-state index contributed by atoms with van der Waals surface area (Å²) in [4.78, 5) is 15.2. The Bertz CT molecular complexity index is 2570. The molecule has 2 aliphatic rings. The molecule has 234 valence electrons. The molecule has 0 unspecified atom stereocenters. The number of nitrogens with one attached hydrogen (secondary N) is 2. The van der Waals surface area contributed by atoms with Crippen molar-refractivity contribution in [3.8, 4) is 12.1 Å². The van der Waals surface area contributed by atoms with Gasteiger partial charge in [-0.1, -0.05) is 52.3 Å². The van der Waals surface area contributed by atoms with Crippen LogP contribution in [-0.2, 0) is 5.41 Å². The fourth-order valence-electron chi connectivity index (χ4n) is 6.53. The van der Waals surface area contributed by atoms with Gasteiger partial charge in [-0.15, -0.1) is 11.3 Å². The van der Waals surface area contributed by atoms with Crippen molar-refractivity contribution in [2.75, 3.05) is 0 Å². The van der Waals surface area contributed by atoms with E-state index in [1.807, 2.05) is 48.5 Å². The number of hydrogen-bond acceptors (Lipinski definition) is 4. The first-order valence-corrected chi connectivity index (χ1v) is 17.5. The van der Waals surface area contributed by atoms with Crippen LogP contribution in [0.5, 0.6) is 0 Å². The smallest absolute Gasteiger partial charge is 0.0991 e. The molecule has 6 aromatic rings. The standard InChI is InChI=1S/C42H28BrN5S/c1-42(2)37-21-19-34(48-37)40(28-9-5-26(24-45)6-10-28)33-16-15-31(46-33)39(27-7-3-25(23-44)4-8-27)32-17-18-35(47-32)41(36-20-22-38(42)49-36)29-11-13-30(43)14-12-29/h3-22,46,48H,1-2H3/b39-31-,40-33-,41-35-. The van der Waals surface area contributed by atoms with Crippen LogP contribution in [0.25, 0.3) is 16.7 Å². The van der Waals surface area contributed by atoms with Gasteiger partial charge in [0.25, 0.3) is 0 Å². The van der Waals surface area contributed by atoms with Gasteiger partial charge in [-0.05, 0) is 115 Å². The highest BCUT2D eigenvalue weighted by molar-refractivity contribution is 9.10. The van der Waals surface area contributed by atoms with Crippen LogP contribution in [-0.4, -0.2) is 15.7 Å². The van der Waals surface area contributed by atoms with E-state index in [1.165, 1.54) is 4.88 Å². The second-order valence-corrected chi connectivity index (χ2v) is 14.6. The molecule has 0 spiro atoms. The number of benzene rings is 3. The third-order valence-corrected chi connectivity index (χ3v) is 11.2. The van der Waals surface area contributed by atoms with Crippen molar-refractivity contribution in [3.05, 3.63) is 191 Å². The summed E-state index contributed by atoms with van der Waals surface area (Å²) in [7, 11) is 0. The van der Waals surface area contributed by atoms with Gasteiger partial charge in [0.05, 0.1) is 34.7 Å². The number of hydrogen-bond donors (Lipinski definition) is 2. The quantitative estimate of drug-likeness (QED) is 0.193. The van der Waals surface area contributed by atoms with Crippen molar-refractivity contribution in [1.82, 2.24) is 9.97 Å². The topological polar surface area (TPSA) is 91.5 Å². The number of rotatable bonds is 3. The third-order valence-electron chi connectivity index (χ3n) is 9.21. The molecule has 3 aromatic heterocycles. The maximum absolute atomic E-state index is 9.53. The van der Waals surface area contributed by atoms with Crippen molar-refractivity contribution in [2.24, 2.45) is 4.99 Å². The van der Waals surface area contributed by atoms with E-state index in [0.717, 1.165) is 76.3 Å². The highest BCUT2D eigenvalue weighted by atomic mass is 79.9. The molecule has 0 amide bonds. The molecule has 0 saturated carbocycles. The van der Waals surface area contributed by atoms with E-state index in [2.05, 4.69) is 125 Å². The van der Waals surface area contributed by atoms with Crippen LogP contribution < -0.4 is 10.7 Å². The lowest BCUT2D eigenvalue weighted by atomic mass is 9.88. The van der Waals surface area contributed by atoms with Crippen LogP contribution >= 0.6 is 27.3 Å². The van der Waals surface area contributed by atoms with Gasteiger partial charge in [0.15, 0.2) is 0 Å². The summed E-state index contributed by atoms with van der Waals surface area (Å²) in [6, 6.07) is 41.2. The molecule has 8 rings (SSSR count). The predicted molar refractivity (Wildman–Crippen MR) is 200 cm³/mol. The van der Waals surface area contributed by atoms with Crippen molar-refractivity contribution >= 4 is 49.7 Å². The summed E-state index contributed by atoms with van der Waals surface area (Å²) in [5.41, 5.74) is 10.7. The van der Waals surface area contributed by atoms with E-state index >= 15 is 0 Å². The summed E-state index contributed by atoms with van der Waals surface area (Å²) in [5, 5.41) is 20.9. The molecular formula is C42H28BrN5S. The van der Waals surface area contributed by atoms with E-state index in [-0.39, 0.29) is 5.41 Å². The van der Waals surface area contributed by atoms with Gasteiger partial charge in [0.2, 0.25) is 0 Å². The monoisotopic (exact) mass is 713 g/mol. The first-order chi connectivity index (χ1) is 23.8. The van der Waals surface area contributed by atoms with Gasteiger partial charge < -0.3 is 9.97 Å². The molecule has 0 atom stereocenters. The summed E-state index contributed by atoms with van der Waals surface area (Å²) in [5.74, 6) is 0. The largest absolute Gasteiger partial charge is 0.358 e. The lowest BCUT2D eigenvalue weighted by molar-refractivity contribution is 0.634. The van der Waals surface area contributed by atoms with Gasteiger partial charge in [0.1, 0.15) is 0 Å².